The first kappa shape index (κ1) is 18.5. The third-order valence-corrected chi connectivity index (χ3v) is 5.23. The monoisotopic (exact) mass is 373 g/mol. The van der Waals surface area contributed by atoms with Crippen LogP contribution in [-0.4, -0.2) is 24.9 Å². The van der Waals surface area contributed by atoms with Gasteiger partial charge in [0, 0.05) is 23.3 Å². The number of Topliss-reactive ketones (excluding diaryl/α,β-unsaturated/α-hetero) is 1. The number of amides is 1. The molecule has 2 aromatic rings. The summed E-state index contributed by atoms with van der Waals surface area (Å²) in [6.07, 6.45) is 0.336. The van der Waals surface area contributed by atoms with E-state index >= 15 is 0 Å². The molecule has 1 aromatic heterocycles. The maximum Gasteiger partial charge on any atom is 0.220 e. The number of ether oxygens (including phenoxy) is 2. The molecule has 3 rings (SSSR count). The minimum absolute atomic E-state index is 0.0214. The SMILES string of the molecule is CC(C)[C@H](NC(=O)CCC(=O)c1ccc2c(c1)OCCO2)c1cccs1. The zero-order valence-corrected chi connectivity index (χ0v) is 15.8. The van der Waals surface area contributed by atoms with E-state index in [0.717, 1.165) is 4.88 Å². The Labute approximate surface area is 157 Å². The molecule has 1 aliphatic rings. The largest absolute Gasteiger partial charge is 0.486 e. The molecule has 0 unspecified atom stereocenters. The third kappa shape index (κ3) is 4.43. The van der Waals surface area contributed by atoms with E-state index in [4.69, 9.17) is 9.47 Å². The molecule has 6 heteroatoms. The zero-order valence-electron chi connectivity index (χ0n) is 15.0. The maximum absolute atomic E-state index is 12.4. The van der Waals surface area contributed by atoms with Crippen molar-refractivity contribution in [3.05, 3.63) is 46.2 Å². The minimum atomic E-state index is -0.108. The van der Waals surface area contributed by atoms with Gasteiger partial charge in [0.2, 0.25) is 5.91 Å². The van der Waals surface area contributed by atoms with Gasteiger partial charge in [-0.3, -0.25) is 9.59 Å². The number of thiophene rings is 1. The second kappa shape index (κ2) is 8.36. The molecule has 0 fully saturated rings. The third-order valence-electron chi connectivity index (χ3n) is 4.28. The smallest absolute Gasteiger partial charge is 0.220 e. The zero-order chi connectivity index (χ0) is 18.5. The summed E-state index contributed by atoms with van der Waals surface area (Å²) in [6.45, 7) is 5.14. The molecule has 26 heavy (non-hydrogen) atoms. The molecule has 0 saturated heterocycles. The molecule has 0 bridgehead atoms. The highest BCUT2D eigenvalue weighted by Gasteiger charge is 2.20. The van der Waals surface area contributed by atoms with Crippen LogP contribution in [0, 0.1) is 5.92 Å². The molecule has 138 valence electrons. The highest BCUT2D eigenvalue weighted by atomic mass is 32.1. The highest BCUT2D eigenvalue weighted by molar-refractivity contribution is 7.10. The van der Waals surface area contributed by atoms with Gasteiger partial charge in [0.15, 0.2) is 17.3 Å². The lowest BCUT2D eigenvalue weighted by molar-refractivity contribution is -0.122. The fraction of sp³-hybridized carbons (Fsp3) is 0.400. The van der Waals surface area contributed by atoms with Gasteiger partial charge in [-0.2, -0.15) is 0 Å². The summed E-state index contributed by atoms with van der Waals surface area (Å²) in [6, 6.07) is 9.14. The summed E-state index contributed by atoms with van der Waals surface area (Å²) >= 11 is 1.63. The Morgan fingerprint density at radius 1 is 1.12 bits per heavy atom. The summed E-state index contributed by atoms with van der Waals surface area (Å²) in [5.41, 5.74) is 0.542. The predicted octanol–water partition coefficient (Wildman–Crippen LogP) is 4.00. The lowest BCUT2D eigenvalue weighted by Gasteiger charge is -2.21. The molecule has 0 spiro atoms. The van der Waals surface area contributed by atoms with E-state index in [9.17, 15) is 9.59 Å². The van der Waals surface area contributed by atoms with Crippen molar-refractivity contribution in [1.29, 1.82) is 0 Å². The van der Waals surface area contributed by atoms with Crippen LogP contribution >= 0.6 is 11.3 Å². The molecule has 2 heterocycles. The van der Waals surface area contributed by atoms with Gasteiger partial charge in [-0.1, -0.05) is 19.9 Å². The maximum atomic E-state index is 12.4. The molecule has 1 N–H and O–H groups in total. The van der Waals surface area contributed by atoms with Crippen molar-refractivity contribution in [3.8, 4) is 11.5 Å². The Balaban J connectivity index is 1.56. The summed E-state index contributed by atoms with van der Waals surface area (Å²) < 4.78 is 11.0. The molecule has 1 atom stereocenters. The van der Waals surface area contributed by atoms with E-state index in [1.807, 2.05) is 17.5 Å². The van der Waals surface area contributed by atoms with E-state index in [1.54, 1.807) is 29.5 Å². The van der Waals surface area contributed by atoms with E-state index in [1.165, 1.54) is 0 Å². The first-order valence-corrected chi connectivity index (χ1v) is 9.68. The van der Waals surface area contributed by atoms with Gasteiger partial charge >= 0.3 is 0 Å². The van der Waals surface area contributed by atoms with Crippen LogP contribution in [0.3, 0.4) is 0 Å². The number of hydrogen-bond donors (Lipinski definition) is 1. The molecule has 0 aliphatic carbocycles. The van der Waals surface area contributed by atoms with E-state index in [0.29, 0.717) is 30.3 Å². The van der Waals surface area contributed by atoms with Gasteiger partial charge in [0.25, 0.3) is 0 Å². The number of ketones is 1. The standard InChI is InChI=1S/C20H23NO4S/c1-13(2)20(18-4-3-11-26-18)21-19(23)8-6-15(22)14-5-7-16-17(12-14)25-10-9-24-16/h3-5,7,11-13,20H,6,8-10H2,1-2H3,(H,21,23)/t20-/m0/s1. The van der Waals surface area contributed by atoms with Crippen molar-refractivity contribution in [2.24, 2.45) is 5.92 Å². The summed E-state index contributed by atoms with van der Waals surface area (Å²) in [7, 11) is 0. The normalized spacial score (nSPS) is 14.1. The van der Waals surface area contributed by atoms with Crippen molar-refractivity contribution < 1.29 is 19.1 Å². The summed E-state index contributed by atoms with van der Waals surface area (Å²) in [5, 5.41) is 5.05. The number of fused-ring (bicyclic) bond motifs is 1. The van der Waals surface area contributed by atoms with Crippen molar-refractivity contribution in [1.82, 2.24) is 5.32 Å². The number of carbonyl (C=O) groups excluding carboxylic acids is 2. The van der Waals surface area contributed by atoms with Crippen LogP contribution in [0.1, 0.15) is 48.0 Å². The molecule has 1 aromatic carbocycles. The van der Waals surface area contributed by atoms with Gasteiger partial charge in [0.1, 0.15) is 13.2 Å². The Morgan fingerprint density at radius 3 is 2.58 bits per heavy atom. The van der Waals surface area contributed by atoms with Gasteiger partial charge in [-0.05, 0) is 35.6 Å². The molecule has 0 saturated carbocycles. The van der Waals surface area contributed by atoms with E-state index in [2.05, 4.69) is 19.2 Å². The minimum Gasteiger partial charge on any atom is -0.486 e. The van der Waals surface area contributed by atoms with Crippen LogP contribution < -0.4 is 14.8 Å². The average molecular weight is 373 g/mol. The lowest BCUT2D eigenvalue weighted by atomic mass is 10.0. The first-order chi connectivity index (χ1) is 12.5. The number of nitrogens with one attached hydrogen (secondary N) is 1. The van der Waals surface area contributed by atoms with E-state index in [-0.39, 0.29) is 36.5 Å². The predicted molar refractivity (Wildman–Crippen MR) is 101 cm³/mol. The van der Waals surface area contributed by atoms with Crippen LogP contribution in [0.4, 0.5) is 0 Å². The molecule has 1 aliphatic heterocycles. The van der Waals surface area contributed by atoms with E-state index < -0.39 is 0 Å². The second-order valence-corrected chi connectivity index (χ2v) is 7.57. The topological polar surface area (TPSA) is 64.6 Å². The quantitative estimate of drug-likeness (QED) is 0.745. The molecule has 1 amide bonds. The fourth-order valence-corrected chi connectivity index (χ4v) is 3.82. The number of rotatable bonds is 7. The number of benzene rings is 1. The molecular weight excluding hydrogens is 350 g/mol. The number of hydrogen-bond acceptors (Lipinski definition) is 5. The van der Waals surface area contributed by atoms with Crippen molar-refractivity contribution >= 4 is 23.0 Å². The van der Waals surface area contributed by atoms with Gasteiger partial charge in [-0.15, -0.1) is 11.3 Å². The van der Waals surface area contributed by atoms with Gasteiger partial charge < -0.3 is 14.8 Å². The van der Waals surface area contributed by atoms with Gasteiger partial charge in [0.05, 0.1) is 6.04 Å². The number of carbonyl (C=O) groups is 2. The molecule has 0 radical (unpaired) electrons. The lowest BCUT2D eigenvalue weighted by Crippen LogP contribution is -2.31. The Bertz CT molecular complexity index is 770. The summed E-state index contributed by atoms with van der Waals surface area (Å²) in [5.74, 6) is 1.34. The van der Waals surface area contributed by atoms with Crippen LogP contribution in [0.15, 0.2) is 35.7 Å². The Morgan fingerprint density at radius 2 is 1.88 bits per heavy atom. The van der Waals surface area contributed by atoms with Crippen LogP contribution in [-0.2, 0) is 4.79 Å². The highest BCUT2D eigenvalue weighted by Crippen LogP contribution is 2.31. The van der Waals surface area contributed by atoms with Crippen molar-refractivity contribution in [2.45, 2.75) is 32.7 Å². The molecular formula is C20H23NO4S. The molecule has 5 nitrogen and oxygen atoms in total. The Hall–Kier alpha value is -2.34. The fourth-order valence-electron chi connectivity index (χ4n) is 2.87. The first-order valence-electron chi connectivity index (χ1n) is 8.80. The van der Waals surface area contributed by atoms with Gasteiger partial charge in [-0.25, -0.2) is 0 Å². The van der Waals surface area contributed by atoms with Crippen molar-refractivity contribution in [2.75, 3.05) is 13.2 Å². The van der Waals surface area contributed by atoms with Crippen LogP contribution in [0.25, 0.3) is 0 Å². The van der Waals surface area contributed by atoms with Crippen LogP contribution in [0.2, 0.25) is 0 Å². The van der Waals surface area contributed by atoms with Crippen LogP contribution in [0.5, 0.6) is 11.5 Å². The van der Waals surface area contributed by atoms with Crippen molar-refractivity contribution in [3.63, 3.8) is 0 Å². The average Bonchev–Trinajstić information content (AvgIpc) is 3.17. The second-order valence-electron chi connectivity index (χ2n) is 6.59. The Kier molecular flexibility index (Phi) is 5.93. The summed E-state index contributed by atoms with van der Waals surface area (Å²) in [4.78, 5) is 25.9.